The van der Waals surface area contributed by atoms with E-state index in [0.29, 0.717) is 16.6 Å². The minimum Gasteiger partial charge on any atom is -0.465 e. The maximum absolute atomic E-state index is 12.5. The van der Waals surface area contributed by atoms with Gasteiger partial charge in [-0.05, 0) is 55.4 Å². The summed E-state index contributed by atoms with van der Waals surface area (Å²) in [6.45, 7) is 2.03. The number of nitrogens with zero attached hydrogens (tertiary/aromatic N) is 1. The number of rotatable bonds is 2. The fourth-order valence-electron chi connectivity index (χ4n) is 4.12. The van der Waals surface area contributed by atoms with Gasteiger partial charge in [0.1, 0.15) is 11.1 Å². The molecular weight excluding hydrogens is 306 g/mol. The number of aryl methyl sites for hydroxylation is 3. The van der Waals surface area contributed by atoms with Gasteiger partial charge in [-0.1, -0.05) is 6.07 Å². The molecule has 4 rings (SSSR count). The molecule has 124 valence electrons. The lowest BCUT2D eigenvalue weighted by atomic mass is 10.0. The van der Waals surface area contributed by atoms with Gasteiger partial charge in [-0.25, -0.2) is 9.59 Å². The molecular formula is C19H19NO4. The molecule has 0 fully saturated rings. The smallest absolute Gasteiger partial charge is 0.340 e. The standard InChI is InChI=1S/C19H19NO4/c1-10-12-7-5-4-6-11-8-9-13-14(18(21)23-2)15(19(22)24-3)16(10)20(13)17(11)12/h8-9H,4-7H2,1-3H3. The van der Waals surface area contributed by atoms with Crippen molar-refractivity contribution in [1.29, 1.82) is 0 Å². The average molecular weight is 325 g/mol. The van der Waals surface area contributed by atoms with E-state index in [1.807, 2.05) is 13.0 Å². The summed E-state index contributed by atoms with van der Waals surface area (Å²) in [6.07, 6.45) is 4.29. The van der Waals surface area contributed by atoms with Crippen molar-refractivity contribution in [2.45, 2.75) is 32.6 Å². The molecule has 3 heterocycles. The van der Waals surface area contributed by atoms with E-state index < -0.39 is 11.9 Å². The van der Waals surface area contributed by atoms with Crippen LogP contribution in [0.1, 0.15) is 50.2 Å². The molecule has 0 N–H and O–H groups in total. The highest BCUT2D eigenvalue weighted by Crippen LogP contribution is 2.39. The predicted molar refractivity (Wildman–Crippen MR) is 90.1 cm³/mol. The van der Waals surface area contributed by atoms with Gasteiger partial charge in [0.05, 0.1) is 30.8 Å². The molecule has 3 aromatic rings. The minimum atomic E-state index is -0.510. The zero-order valence-electron chi connectivity index (χ0n) is 14.1. The van der Waals surface area contributed by atoms with Crippen LogP contribution >= 0.6 is 0 Å². The molecule has 0 atom stereocenters. The predicted octanol–water partition coefficient (Wildman–Crippen LogP) is 3.29. The number of hydrogen-bond acceptors (Lipinski definition) is 4. The van der Waals surface area contributed by atoms with Crippen molar-refractivity contribution >= 4 is 28.5 Å². The number of carbonyl (C=O) groups excluding carboxylic acids is 2. The fraction of sp³-hybridized carbons (Fsp3) is 0.368. The van der Waals surface area contributed by atoms with Gasteiger partial charge in [-0.2, -0.15) is 0 Å². The maximum Gasteiger partial charge on any atom is 0.340 e. The molecule has 0 spiro atoms. The summed E-state index contributed by atoms with van der Waals surface area (Å²) < 4.78 is 12.0. The van der Waals surface area contributed by atoms with Gasteiger partial charge in [0.25, 0.3) is 0 Å². The lowest BCUT2D eigenvalue weighted by molar-refractivity contribution is 0.0559. The van der Waals surface area contributed by atoms with Crippen molar-refractivity contribution in [3.05, 3.63) is 39.9 Å². The van der Waals surface area contributed by atoms with E-state index in [0.717, 1.165) is 42.3 Å². The van der Waals surface area contributed by atoms with Gasteiger partial charge in [-0.15, -0.1) is 0 Å². The third-order valence-corrected chi connectivity index (χ3v) is 5.17. The highest BCUT2D eigenvalue weighted by Gasteiger charge is 2.32. The second kappa shape index (κ2) is 5.23. The van der Waals surface area contributed by atoms with Crippen LogP contribution in [-0.4, -0.2) is 30.6 Å². The van der Waals surface area contributed by atoms with Crippen molar-refractivity contribution < 1.29 is 19.1 Å². The molecule has 0 aliphatic heterocycles. The molecule has 24 heavy (non-hydrogen) atoms. The Morgan fingerprint density at radius 2 is 1.62 bits per heavy atom. The average Bonchev–Trinajstić information content (AvgIpc) is 2.98. The number of hydrogen-bond donors (Lipinski definition) is 0. The van der Waals surface area contributed by atoms with E-state index in [4.69, 9.17) is 9.47 Å². The van der Waals surface area contributed by atoms with Gasteiger partial charge >= 0.3 is 11.9 Å². The second-order valence-corrected chi connectivity index (χ2v) is 6.32. The van der Waals surface area contributed by atoms with Crippen LogP contribution in [0, 0.1) is 6.92 Å². The van der Waals surface area contributed by atoms with Crippen molar-refractivity contribution in [3.8, 4) is 0 Å². The molecule has 3 aromatic heterocycles. The first-order valence-corrected chi connectivity index (χ1v) is 8.17. The van der Waals surface area contributed by atoms with Crippen molar-refractivity contribution in [1.82, 2.24) is 4.40 Å². The van der Waals surface area contributed by atoms with E-state index in [1.165, 1.54) is 25.3 Å². The summed E-state index contributed by atoms with van der Waals surface area (Å²) in [5.74, 6) is -1.01. The maximum atomic E-state index is 12.5. The molecule has 0 aromatic carbocycles. The van der Waals surface area contributed by atoms with Crippen molar-refractivity contribution in [2.75, 3.05) is 14.2 Å². The van der Waals surface area contributed by atoms with Crippen LogP contribution in [0.25, 0.3) is 16.6 Å². The molecule has 5 nitrogen and oxygen atoms in total. The molecule has 0 unspecified atom stereocenters. The zero-order valence-corrected chi connectivity index (χ0v) is 14.1. The number of methoxy groups -OCH3 is 2. The number of pyridine rings is 1. The van der Waals surface area contributed by atoms with Gasteiger partial charge in [0, 0.05) is 0 Å². The molecule has 1 aliphatic carbocycles. The van der Waals surface area contributed by atoms with E-state index in [1.54, 1.807) is 0 Å². The highest BCUT2D eigenvalue weighted by molar-refractivity contribution is 6.15. The van der Waals surface area contributed by atoms with Gasteiger partial charge in [0.2, 0.25) is 0 Å². The fourth-order valence-corrected chi connectivity index (χ4v) is 4.12. The summed E-state index contributed by atoms with van der Waals surface area (Å²) in [4.78, 5) is 24.9. The largest absolute Gasteiger partial charge is 0.465 e. The summed E-state index contributed by atoms with van der Waals surface area (Å²) >= 11 is 0. The Bertz CT molecular complexity index is 983. The van der Waals surface area contributed by atoms with Crippen LogP contribution < -0.4 is 0 Å². The summed E-state index contributed by atoms with van der Waals surface area (Å²) in [5, 5.41) is 0. The zero-order chi connectivity index (χ0) is 17.0. The van der Waals surface area contributed by atoms with E-state index in [-0.39, 0.29) is 0 Å². The Labute approximate surface area is 139 Å². The highest BCUT2D eigenvalue weighted by atomic mass is 16.5. The van der Waals surface area contributed by atoms with Crippen LogP contribution in [0.15, 0.2) is 12.1 Å². The Morgan fingerprint density at radius 3 is 2.33 bits per heavy atom. The molecule has 1 aliphatic rings. The van der Waals surface area contributed by atoms with Gasteiger partial charge in [-0.3, -0.25) is 0 Å². The Hall–Kier alpha value is -2.56. The third-order valence-electron chi connectivity index (χ3n) is 5.17. The van der Waals surface area contributed by atoms with Crippen molar-refractivity contribution in [3.63, 3.8) is 0 Å². The van der Waals surface area contributed by atoms with E-state index >= 15 is 0 Å². The second-order valence-electron chi connectivity index (χ2n) is 6.32. The summed E-state index contributed by atoms with van der Waals surface area (Å²) in [7, 11) is 2.67. The van der Waals surface area contributed by atoms with Gasteiger partial charge in [0.15, 0.2) is 0 Å². The SMILES string of the molecule is COC(=O)c1c(C(=O)OC)c2c(C)c3c4c(ccc1n42)CCCC3. The summed E-state index contributed by atoms with van der Waals surface area (Å²) in [6, 6.07) is 3.99. The number of ether oxygens (including phenoxy) is 2. The quantitative estimate of drug-likeness (QED) is 0.679. The minimum absolute atomic E-state index is 0.296. The third kappa shape index (κ3) is 1.75. The van der Waals surface area contributed by atoms with Crippen molar-refractivity contribution in [2.24, 2.45) is 0 Å². The number of esters is 2. The van der Waals surface area contributed by atoms with Crippen LogP contribution in [0.4, 0.5) is 0 Å². The summed E-state index contributed by atoms with van der Waals surface area (Å²) in [5.41, 5.74) is 6.88. The topological polar surface area (TPSA) is 57.0 Å². The molecule has 0 amide bonds. The van der Waals surface area contributed by atoms with Crippen LogP contribution in [0.5, 0.6) is 0 Å². The first kappa shape index (κ1) is 15.0. The number of aromatic nitrogens is 1. The van der Waals surface area contributed by atoms with E-state index in [2.05, 4.69) is 10.5 Å². The molecule has 0 radical (unpaired) electrons. The molecule has 0 saturated carbocycles. The van der Waals surface area contributed by atoms with Crippen LogP contribution in [-0.2, 0) is 22.3 Å². The lowest BCUT2D eigenvalue weighted by Gasteiger charge is -2.06. The first-order chi connectivity index (χ1) is 11.6. The Kier molecular flexibility index (Phi) is 3.27. The normalized spacial score (nSPS) is 14.1. The molecule has 5 heteroatoms. The van der Waals surface area contributed by atoms with Crippen LogP contribution in [0.2, 0.25) is 0 Å². The number of carbonyl (C=O) groups is 2. The Balaban J connectivity index is 2.24. The molecule has 0 bridgehead atoms. The Morgan fingerprint density at radius 1 is 0.958 bits per heavy atom. The lowest BCUT2D eigenvalue weighted by Crippen LogP contribution is -2.10. The van der Waals surface area contributed by atoms with Gasteiger partial charge < -0.3 is 13.9 Å². The molecule has 0 saturated heterocycles. The first-order valence-electron chi connectivity index (χ1n) is 8.17. The van der Waals surface area contributed by atoms with E-state index in [9.17, 15) is 9.59 Å². The van der Waals surface area contributed by atoms with Crippen LogP contribution in [0.3, 0.4) is 0 Å². The monoisotopic (exact) mass is 325 g/mol.